The first kappa shape index (κ1) is 18.5. The van der Waals surface area contributed by atoms with Crippen LogP contribution in [-0.2, 0) is 11.3 Å². The predicted octanol–water partition coefficient (Wildman–Crippen LogP) is 2.92. The van der Waals surface area contributed by atoms with E-state index in [4.69, 9.17) is 9.26 Å². The molecule has 28 heavy (non-hydrogen) atoms. The Bertz CT molecular complexity index is 868. The lowest BCUT2D eigenvalue weighted by atomic mass is 10.2. The second-order valence-electron chi connectivity index (χ2n) is 6.79. The Hall–Kier alpha value is -2.84. The first-order chi connectivity index (χ1) is 13.8. The van der Waals surface area contributed by atoms with Crippen molar-refractivity contribution >= 4 is 5.82 Å². The summed E-state index contributed by atoms with van der Waals surface area (Å²) in [5.74, 6) is 2.04. The van der Waals surface area contributed by atoms with E-state index in [1.165, 1.54) is 5.56 Å². The van der Waals surface area contributed by atoms with Crippen LogP contribution in [0.3, 0.4) is 0 Å². The van der Waals surface area contributed by atoms with Crippen LogP contribution in [0.2, 0.25) is 0 Å². The molecule has 8 nitrogen and oxygen atoms in total. The second-order valence-corrected chi connectivity index (χ2v) is 6.79. The molecule has 4 rings (SSSR count). The van der Waals surface area contributed by atoms with Crippen LogP contribution in [0.5, 0.6) is 0 Å². The third kappa shape index (κ3) is 4.35. The van der Waals surface area contributed by atoms with Crippen molar-refractivity contribution in [1.82, 2.24) is 25.0 Å². The summed E-state index contributed by atoms with van der Waals surface area (Å²) in [6.07, 6.45) is 7.55. The van der Waals surface area contributed by atoms with Gasteiger partial charge in [0.1, 0.15) is 5.82 Å². The van der Waals surface area contributed by atoms with E-state index in [0.717, 1.165) is 37.3 Å². The van der Waals surface area contributed by atoms with Gasteiger partial charge in [-0.1, -0.05) is 5.16 Å². The lowest BCUT2D eigenvalue weighted by molar-refractivity contribution is 0.201. The molecule has 1 fully saturated rings. The molecule has 146 valence electrons. The molecule has 0 aliphatic carbocycles. The van der Waals surface area contributed by atoms with Gasteiger partial charge in [0, 0.05) is 44.4 Å². The highest BCUT2D eigenvalue weighted by Crippen LogP contribution is 2.33. The van der Waals surface area contributed by atoms with Gasteiger partial charge in [0.2, 0.25) is 11.7 Å². The molecule has 8 heteroatoms. The molecule has 1 saturated heterocycles. The van der Waals surface area contributed by atoms with E-state index in [-0.39, 0.29) is 6.04 Å². The summed E-state index contributed by atoms with van der Waals surface area (Å²) >= 11 is 0. The van der Waals surface area contributed by atoms with Crippen molar-refractivity contribution in [1.29, 1.82) is 0 Å². The number of pyridine rings is 2. The Morgan fingerprint density at radius 2 is 2.14 bits per heavy atom. The molecule has 0 spiro atoms. The molecule has 3 aromatic rings. The second kappa shape index (κ2) is 8.90. The number of methoxy groups -OCH3 is 1. The molecule has 3 aromatic heterocycles. The zero-order valence-corrected chi connectivity index (χ0v) is 15.9. The summed E-state index contributed by atoms with van der Waals surface area (Å²) < 4.78 is 10.6. The molecule has 0 bridgehead atoms. The number of hydrogen-bond donors (Lipinski definition) is 1. The van der Waals surface area contributed by atoms with E-state index in [1.807, 2.05) is 36.7 Å². The average molecular weight is 380 g/mol. The Morgan fingerprint density at radius 3 is 2.93 bits per heavy atom. The number of likely N-dealkylation sites (tertiary alicyclic amines) is 1. The van der Waals surface area contributed by atoms with Crippen LogP contribution in [0.4, 0.5) is 5.82 Å². The van der Waals surface area contributed by atoms with Crippen molar-refractivity contribution in [3.05, 3.63) is 54.3 Å². The Balaban J connectivity index is 1.43. The number of anilines is 1. The molecule has 0 unspecified atom stereocenters. The SMILES string of the molecule is COCCNc1ccc(-c2noc([C@@H]3CCCN3Cc3ccncc3)n2)cn1. The summed E-state index contributed by atoms with van der Waals surface area (Å²) in [5, 5.41) is 7.37. The van der Waals surface area contributed by atoms with Crippen LogP contribution in [0.25, 0.3) is 11.4 Å². The van der Waals surface area contributed by atoms with Gasteiger partial charge in [-0.2, -0.15) is 4.98 Å². The lowest BCUT2D eigenvalue weighted by Gasteiger charge is -2.21. The van der Waals surface area contributed by atoms with Gasteiger partial charge >= 0.3 is 0 Å². The number of aromatic nitrogens is 4. The zero-order chi connectivity index (χ0) is 19.2. The number of nitrogens with zero attached hydrogens (tertiary/aromatic N) is 5. The fourth-order valence-corrected chi connectivity index (χ4v) is 3.42. The molecule has 0 radical (unpaired) electrons. The Kier molecular flexibility index (Phi) is 5.89. The largest absolute Gasteiger partial charge is 0.383 e. The van der Waals surface area contributed by atoms with E-state index >= 15 is 0 Å². The van der Waals surface area contributed by atoms with Gasteiger partial charge in [-0.05, 0) is 49.2 Å². The minimum Gasteiger partial charge on any atom is -0.383 e. The summed E-state index contributed by atoms with van der Waals surface area (Å²) in [6.45, 7) is 3.22. The van der Waals surface area contributed by atoms with Gasteiger partial charge in [0.25, 0.3) is 0 Å². The Morgan fingerprint density at radius 1 is 1.25 bits per heavy atom. The van der Waals surface area contributed by atoms with Gasteiger partial charge in [0.15, 0.2) is 0 Å². The molecular weight excluding hydrogens is 356 g/mol. The van der Waals surface area contributed by atoms with Crippen molar-refractivity contribution in [2.75, 3.05) is 32.1 Å². The molecule has 1 N–H and O–H groups in total. The summed E-state index contributed by atoms with van der Waals surface area (Å²) in [5.41, 5.74) is 2.08. The third-order valence-corrected chi connectivity index (χ3v) is 4.86. The number of hydrogen-bond acceptors (Lipinski definition) is 8. The molecule has 4 heterocycles. The maximum Gasteiger partial charge on any atom is 0.244 e. The summed E-state index contributed by atoms with van der Waals surface area (Å²) in [6, 6.07) is 8.09. The maximum absolute atomic E-state index is 5.61. The number of rotatable bonds is 8. The van der Waals surface area contributed by atoms with Crippen LogP contribution in [0.15, 0.2) is 47.4 Å². The lowest BCUT2D eigenvalue weighted by Crippen LogP contribution is -2.23. The molecule has 1 aliphatic heterocycles. The standard InChI is InChI=1S/C20H24N6O2/c1-27-12-10-22-18-5-4-16(13-23-18)19-24-20(28-25-19)17-3-2-11-26(17)14-15-6-8-21-9-7-15/h4-9,13,17H,2-3,10-12,14H2,1H3,(H,22,23)/t17-/m0/s1. The molecule has 0 saturated carbocycles. The van der Waals surface area contributed by atoms with Gasteiger partial charge in [0.05, 0.1) is 12.6 Å². The molecule has 1 atom stereocenters. The van der Waals surface area contributed by atoms with Crippen molar-refractivity contribution in [2.45, 2.75) is 25.4 Å². The summed E-state index contributed by atoms with van der Waals surface area (Å²) in [7, 11) is 1.68. The van der Waals surface area contributed by atoms with Crippen molar-refractivity contribution in [3.63, 3.8) is 0 Å². The van der Waals surface area contributed by atoms with Crippen molar-refractivity contribution < 1.29 is 9.26 Å². The monoisotopic (exact) mass is 380 g/mol. The quantitative estimate of drug-likeness (QED) is 0.597. The zero-order valence-electron chi connectivity index (χ0n) is 15.9. The molecule has 0 amide bonds. The number of nitrogens with one attached hydrogen (secondary N) is 1. The number of ether oxygens (including phenoxy) is 1. The van der Waals surface area contributed by atoms with E-state index in [1.54, 1.807) is 13.3 Å². The van der Waals surface area contributed by atoms with Crippen LogP contribution >= 0.6 is 0 Å². The first-order valence-corrected chi connectivity index (χ1v) is 9.49. The van der Waals surface area contributed by atoms with E-state index in [0.29, 0.717) is 24.9 Å². The van der Waals surface area contributed by atoms with E-state index in [2.05, 4.69) is 30.3 Å². The molecule has 1 aliphatic rings. The molecular formula is C20H24N6O2. The van der Waals surface area contributed by atoms with Crippen LogP contribution in [0, 0.1) is 0 Å². The van der Waals surface area contributed by atoms with Crippen LogP contribution in [-0.4, -0.2) is 51.8 Å². The predicted molar refractivity (Wildman–Crippen MR) is 105 cm³/mol. The van der Waals surface area contributed by atoms with E-state index < -0.39 is 0 Å². The highest BCUT2D eigenvalue weighted by molar-refractivity contribution is 5.55. The fourth-order valence-electron chi connectivity index (χ4n) is 3.42. The van der Waals surface area contributed by atoms with Gasteiger partial charge in [-0.25, -0.2) is 4.98 Å². The highest BCUT2D eigenvalue weighted by atomic mass is 16.5. The summed E-state index contributed by atoms with van der Waals surface area (Å²) in [4.78, 5) is 15.5. The Labute approximate surface area is 164 Å². The topological polar surface area (TPSA) is 89.2 Å². The minimum atomic E-state index is 0.150. The normalized spacial score (nSPS) is 17.1. The first-order valence-electron chi connectivity index (χ1n) is 9.49. The molecule has 0 aromatic carbocycles. The van der Waals surface area contributed by atoms with Crippen molar-refractivity contribution in [3.8, 4) is 11.4 Å². The van der Waals surface area contributed by atoms with E-state index in [9.17, 15) is 0 Å². The van der Waals surface area contributed by atoms with Crippen LogP contribution in [0.1, 0.15) is 30.3 Å². The van der Waals surface area contributed by atoms with Gasteiger partial charge in [-0.15, -0.1) is 0 Å². The smallest absolute Gasteiger partial charge is 0.244 e. The van der Waals surface area contributed by atoms with Crippen molar-refractivity contribution in [2.24, 2.45) is 0 Å². The fraction of sp³-hybridized carbons (Fsp3) is 0.400. The van der Waals surface area contributed by atoms with Crippen LogP contribution < -0.4 is 5.32 Å². The maximum atomic E-state index is 5.61. The van der Waals surface area contributed by atoms with Gasteiger partial charge in [-0.3, -0.25) is 9.88 Å². The van der Waals surface area contributed by atoms with Gasteiger partial charge < -0.3 is 14.6 Å². The average Bonchev–Trinajstić information content (AvgIpc) is 3.39. The minimum absolute atomic E-state index is 0.150. The highest BCUT2D eigenvalue weighted by Gasteiger charge is 2.30. The third-order valence-electron chi connectivity index (χ3n) is 4.86.